The monoisotopic (exact) mass is 502 g/mol. The Balaban J connectivity index is 1.24. The molecule has 2 N–H and O–H groups in total. The Labute approximate surface area is 200 Å². The molecule has 2 amide bonds. The number of hydrogen-bond donors (Lipinski definition) is 2. The predicted octanol–water partition coefficient (Wildman–Crippen LogP) is 2.30. The molecule has 3 aliphatic rings. The van der Waals surface area contributed by atoms with Crippen LogP contribution in [0.2, 0.25) is 0 Å². The third-order valence-electron chi connectivity index (χ3n) is 6.22. The molecule has 5 rings (SSSR count). The van der Waals surface area contributed by atoms with Crippen LogP contribution in [0.5, 0.6) is 11.5 Å². The second-order valence-corrected chi connectivity index (χ2v) is 12.1. The summed E-state index contributed by atoms with van der Waals surface area (Å²) >= 11 is 1.53. The first-order valence-electron chi connectivity index (χ1n) is 10.9. The van der Waals surface area contributed by atoms with Gasteiger partial charge in [-0.05, 0) is 49.6 Å². The molecule has 11 heteroatoms. The van der Waals surface area contributed by atoms with Crippen LogP contribution in [0.1, 0.15) is 29.6 Å². The first-order chi connectivity index (χ1) is 16.2. The smallest absolute Gasteiger partial charge is 0.326 e. The summed E-state index contributed by atoms with van der Waals surface area (Å²) in [5.74, 6) is -1.18. The van der Waals surface area contributed by atoms with Gasteiger partial charge in [0.1, 0.15) is 17.5 Å². The van der Waals surface area contributed by atoms with Crippen LogP contribution in [0.25, 0.3) is 0 Å². The number of benzene rings is 2. The Morgan fingerprint density at radius 1 is 1.06 bits per heavy atom. The molecular weight excluding hydrogens is 480 g/mol. The third-order valence-corrected chi connectivity index (χ3v) is 10.0. The highest BCUT2D eigenvalue weighted by Crippen LogP contribution is 2.46. The maximum atomic E-state index is 12.7. The molecule has 0 unspecified atom stereocenters. The van der Waals surface area contributed by atoms with E-state index >= 15 is 0 Å². The summed E-state index contributed by atoms with van der Waals surface area (Å²) in [6.45, 7) is -0.609. The number of carbonyl (C=O) groups is 3. The number of para-hydroxylation sites is 1. The van der Waals surface area contributed by atoms with Crippen LogP contribution >= 0.6 is 11.8 Å². The molecule has 34 heavy (non-hydrogen) atoms. The summed E-state index contributed by atoms with van der Waals surface area (Å²) in [5, 5.41) is 10.7. The number of rotatable bonds is 6. The summed E-state index contributed by atoms with van der Waals surface area (Å²) in [6.07, 6.45) is 1.03. The van der Waals surface area contributed by atoms with Crippen molar-refractivity contribution in [3.63, 3.8) is 0 Å². The van der Waals surface area contributed by atoms with Gasteiger partial charge in [0.25, 0.3) is 5.91 Å². The van der Waals surface area contributed by atoms with E-state index in [1.807, 2.05) is 24.3 Å². The Hall–Kier alpha value is -3.05. The topological polar surface area (TPSA) is 130 Å². The Kier molecular flexibility index (Phi) is 5.76. The second-order valence-electron chi connectivity index (χ2n) is 8.54. The number of amides is 2. The number of aliphatic carboxylic acids is 1. The minimum absolute atomic E-state index is 0.130. The minimum atomic E-state index is -3.46. The summed E-state index contributed by atoms with van der Waals surface area (Å²) in [4.78, 5) is 40.0. The normalized spacial score (nSPS) is 21.2. The molecule has 0 aromatic heterocycles. The van der Waals surface area contributed by atoms with E-state index in [-0.39, 0.29) is 18.5 Å². The maximum absolute atomic E-state index is 12.7. The van der Waals surface area contributed by atoms with E-state index in [1.165, 1.54) is 11.8 Å². The number of ether oxygens (including phenoxy) is 1. The molecule has 2 aromatic rings. The average Bonchev–Trinajstić information content (AvgIpc) is 3.59. The molecule has 0 spiro atoms. The molecule has 2 aromatic carbocycles. The largest absolute Gasteiger partial charge is 0.480 e. The van der Waals surface area contributed by atoms with Crippen molar-refractivity contribution < 1.29 is 32.6 Å². The van der Waals surface area contributed by atoms with Crippen molar-refractivity contribution in [3.05, 3.63) is 48.0 Å². The molecule has 0 bridgehead atoms. The lowest BCUT2D eigenvalue weighted by molar-refractivity contribution is -0.147. The third kappa shape index (κ3) is 4.25. The van der Waals surface area contributed by atoms with Gasteiger partial charge >= 0.3 is 5.97 Å². The van der Waals surface area contributed by atoms with Crippen LogP contribution in [-0.2, 0) is 19.4 Å². The molecule has 178 valence electrons. The van der Waals surface area contributed by atoms with Crippen molar-refractivity contribution in [1.82, 2.24) is 10.2 Å². The van der Waals surface area contributed by atoms with E-state index in [0.29, 0.717) is 24.3 Å². The SMILES string of the molecule is O=C(NCC(=O)N1C[C@H](S(=O)(=O)C2CC2)C[C@H]1C(=O)O)c1ccc2c(c1)Oc1ccccc1S2. The highest BCUT2D eigenvalue weighted by Gasteiger charge is 2.49. The van der Waals surface area contributed by atoms with E-state index in [0.717, 1.165) is 14.7 Å². The zero-order valence-electron chi connectivity index (χ0n) is 18.0. The van der Waals surface area contributed by atoms with Gasteiger partial charge in [-0.1, -0.05) is 23.9 Å². The van der Waals surface area contributed by atoms with Crippen molar-refractivity contribution in [3.8, 4) is 11.5 Å². The molecule has 2 aliphatic heterocycles. The van der Waals surface area contributed by atoms with E-state index in [9.17, 15) is 27.9 Å². The fraction of sp³-hybridized carbons (Fsp3) is 0.348. The van der Waals surface area contributed by atoms with Gasteiger partial charge in [0, 0.05) is 12.1 Å². The molecular formula is C23H22N2O7S2. The van der Waals surface area contributed by atoms with Crippen molar-refractivity contribution in [2.75, 3.05) is 13.1 Å². The van der Waals surface area contributed by atoms with Crippen LogP contribution in [0.3, 0.4) is 0 Å². The van der Waals surface area contributed by atoms with Crippen molar-refractivity contribution in [2.45, 2.75) is 45.6 Å². The molecule has 1 saturated carbocycles. The number of nitrogens with zero attached hydrogens (tertiary/aromatic N) is 1. The van der Waals surface area contributed by atoms with Crippen LogP contribution in [-0.4, -0.2) is 65.8 Å². The minimum Gasteiger partial charge on any atom is -0.480 e. The van der Waals surface area contributed by atoms with Crippen LogP contribution < -0.4 is 10.1 Å². The summed E-state index contributed by atoms with van der Waals surface area (Å²) in [6, 6.07) is 11.3. The highest BCUT2D eigenvalue weighted by atomic mass is 32.2. The zero-order valence-corrected chi connectivity index (χ0v) is 19.6. The van der Waals surface area contributed by atoms with E-state index in [1.54, 1.807) is 18.2 Å². The van der Waals surface area contributed by atoms with Gasteiger partial charge in [0.05, 0.1) is 26.8 Å². The van der Waals surface area contributed by atoms with Crippen LogP contribution in [0.4, 0.5) is 0 Å². The van der Waals surface area contributed by atoms with E-state index in [2.05, 4.69) is 5.32 Å². The van der Waals surface area contributed by atoms with Gasteiger partial charge in [0.15, 0.2) is 9.84 Å². The second kappa shape index (κ2) is 8.62. The van der Waals surface area contributed by atoms with E-state index < -0.39 is 50.7 Å². The highest BCUT2D eigenvalue weighted by molar-refractivity contribution is 7.99. The van der Waals surface area contributed by atoms with Gasteiger partial charge in [-0.3, -0.25) is 9.59 Å². The van der Waals surface area contributed by atoms with Crippen LogP contribution in [0, 0.1) is 0 Å². The average molecular weight is 503 g/mol. The van der Waals surface area contributed by atoms with Crippen LogP contribution in [0.15, 0.2) is 52.3 Å². The summed E-state index contributed by atoms with van der Waals surface area (Å²) < 4.78 is 31.0. The lowest BCUT2D eigenvalue weighted by Crippen LogP contribution is -2.45. The van der Waals surface area contributed by atoms with Gasteiger partial charge in [-0.25, -0.2) is 13.2 Å². The number of sulfone groups is 1. The Morgan fingerprint density at radius 3 is 2.53 bits per heavy atom. The molecule has 0 radical (unpaired) electrons. The Bertz CT molecular complexity index is 1290. The predicted molar refractivity (Wildman–Crippen MR) is 123 cm³/mol. The van der Waals surface area contributed by atoms with Crippen molar-refractivity contribution in [1.29, 1.82) is 0 Å². The van der Waals surface area contributed by atoms with Gasteiger partial charge in [-0.2, -0.15) is 0 Å². The molecule has 2 heterocycles. The fourth-order valence-electron chi connectivity index (χ4n) is 4.24. The number of fused-ring (bicyclic) bond motifs is 2. The number of nitrogens with one attached hydrogen (secondary N) is 1. The quantitative estimate of drug-likeness (QED) is 0.525. The van der Waals surface area contributed by atoms with Crippen molar-refractivity contribution in [2.24, 2.45) is 0 Å². The first-order valence-corrected chi connectivity index (χ1v) is 13.3. The van der Waals surface area contributed by atoms with E-state index in [4.69, 9.17) is 4.74 Å². The molecule has 9 nitrogen and oxygen atoms in total. The lowest BCUT2D eigenvalue weighted by atomic mass is 10.2. The number of likely N-dealkylation sites (tertiary alicyclic amines) is 1. The van der Waals surface area contributed by atoms with Gasteiger partial charge < -0.3 is 20.1 Å². The molecule has 2 fully saturated rings. The number of carboxylic acids is 1. The summed E-state index contributed by atoms with van der Waals surface area (Å²) in [7, 11) is -3.46. The van der Waals surface area contributed by atoms with Crippen molar-refractivity contribution >= 4 is 39.4 Å². The number of carbonyl (C=O) groups excluding carboxylic acids is 2. The van der Waals surface area contributed by atoms with Gasteiger partial charge in [0.2, 0.25) is 5.91 Å². The summed E-state index contributed by atoms with van der Waals surface area (Å²) in [5.41, 5.74) is 0.289. The fourth-order valence-corrected chi connectivity index (χ4v) is 7.33. The molecule has 2 atom stereocenters. The standard InChI is InChI=1S/C23H22N2O7S2/c26-21(25-12-15(10-16(25)23(28)29)34(30,31)14-6-7-14)11-24-22(27)13-5-8-20-18(9-13)32-17-3-1-2-4-19(17)33-20/h1-5,8-9,14-16H,6-7,10-12H2,(H,24,27)(H,28,29)/t15-,16+/m1/s1. The maximum Gasteiger partial charge on any atom is 0.326 e. The molecule has 1 saturated heterocycles. The number of hydrogen-bond acceptors (Lipinski definition) is 7. The lowest BCUT2D eigenvalue weighted by Gasteiger charge is -2.22. The Morgan fingerprint density at radius 2 is 1.79 bits per heavy atom. The zero-order chi connectivity index (χ0) is 24.0. The first kappa shape index (κ1) is 22.7. The molecule has 1 aliphatic carbocycles. The number of carboxylic acid groups (broad SMARTS) is 1. The van der Waals surface area contributed by atoms with Gasteiger partial charge in [-0.15, -0.1) is 0 Å².